The summed E-state index contributed by atoms with van der Waals surface area (Å²) >= 11 is 6.20. The number of hydrogen-bond acceptors (Lipinski definition) is 5. The van der Waals surface area contributed by atoms with Crippen LogP contribution in [0.5, 0.6) is 0 Å². The number of nitrogens with one attached hydrogen (secondary N) is 2. The molecule has 1 amide bonds. The van der Waals surface area contributed by atoms with Gasteiger partial charge < -0.3 is 14.6 Å². The van der Waals surface area contributed by atoms with Crippen LogP contribution in [0.3, 0.4) is 0 Å². The third kappa shape index (κ3) is 4.03. The third-order valence-corrected chi connectivity index (χ3v) is 6.24. The molecule has 3 aromatic heterocycles. The van der Waals surface area contributed by atoms with Crippen LogP contribution in [-0.2, 0) is 17.8 Å². The highest BCUT2D eigenvalue weighted by atomic mass is 35.5. The molecule has 0 radical (unpaired) electrons. The standard InChI is InChI=1S/C24H22ClN5O3/c25-19-8-2-1-6-15(19)13-27-23(31)17-12-18-22(28-20-9-3-4-10-29(20)24(18)32)30(21(17)26)14-16-7-5-11-33-16/h1-4,6,8-10,12,16,26H,5,7,11,13-14H2,(H,27,31)/t16-/m1/s1. The minimum absolute atomic E-state index is 0.0122. The Balaban J connectivity index is 1.62. The zero-order valence-corrected chi connectivity index (χ0v) is 18.5. The summed E-state index contributed by atoms with van der Waals surface area (Å²) in [6.07, 6.45) is 3.33. The summed E-state index contributed by atoms with van der Waals surface area (Å²) in [4.78, 5) is 31.0. The molecule has 2 N–H and O–H groups in total. The molecule has 4 aromatic rings. The van der Waals surface area contributed by atoms with Gasteiger partial charge in [0.1, 0.15) is 16.8 Å². The van der Waals surface area contributed by atoms with Gasteiger partial charge >= 0.3 is 0 Å². The first-order valence-corrected chi connectivity index (χ1v) is 11.1. The second-order valence-corrected chi connectivity index (χ2v) is 8.42. The molecule has 8 nitrogen and oxygen atoms in total. The van der Waals surface area contributed by atoms with Crippen LogP contribution in [0, 0.1) is 5.41 Å². The maximum absolute atomic E-state index is 13.3. The van der Waals surface area contributed by atoms with Crippen molar-refractivity contribution in [2.75, 3.05) is 6.61 Å². The lowest BCUT2D eigenvalue weighted by Gasteiger charge is -2.17. The molecule has 9 heteroatoms. The molecule has 1 aliphatic rings. The van der Waals surface area contributed by atoms with Crippen LogP contribution in [0.1, 0.15) is 28.8 Å². The SMILES string of the molecule is N=c1c(C(=O)NCc2ccccc2Cl)cc2c(=O)n3ccccc3nc2n1C[C@H]1CCCO1. The Morgan fingerprint density at radius 3 is 2.85 bits per heavy atom. The van der Waals surface area contributed by atoms with Crippen molar-refractivity contribution < 1.29 is 9.53 Å². The quantitative estimate of drug-likeness (QED) is 0.444. The van der Waals surface area contributed by atoms with Crippen LogP contribution >= 0.6 is 11.6 Å². The van der Waals surface area contributed by atoms with Gasteiger partial charge in [-0.15, -0.1) is 0 Å². The summed E-state index contributed by atoms with van der Waals surface area (Å²) in [5.41, 5.74) is 1.40. The van der Waals surface area contributed by atoms with Gasteiger partial charge in [-0.1, -0.05) is 35.9 Å². The monoisotopic (exact) mass is 463 g/mol. The zero-order chi connectivity index (χ0) is 22.9. The van der Waals surface area contributed by atoms with E-state index in [2.05, 4.69) is 10.3 Å². The first-order chi connectivity index (χ1) is 16.0. The first kappa shape index (κ1) is 21.4. The van der Waals surface area contributed by atoms with Crippen molar-refractivity contribution in [2.45, 2.75) is 32.0 Å². The van der Waals surface area contributed by atoms with E-state index in [4.69, 9.17) is 21.7 Å². The van der Waals surface area contributed by atoms with Crippen LogP contribution in [0.15, 0.2) is 59.5 Å². The average molecular weight is 464 g/mol. The van der Waals surface area contributed by atoms with Crippen LogP contribution < -0.4 is 16.4 Å². The van der Waals surface area contributed by atoms with E-state index in [0.717, 1.165) is 18.4 Å². The molecule has 33 heavy (non-hydrogen) atoms. The van der Waals surface area contributed by atoms with Gasteiger partial charge in [0.15, 0.2) is 0 Å². The van der Waals surface area contributed by atoms with E-state index in [1.807, 2.05) is 18.2 Å². The summed E-state index contributed by atoms with van der Waals surface area (Å²) in [7, 11) is 0. The molecule has 5 rings (SSSR count). The number of halogens is 1. The van der Waals surface area contributed by atoms with Crippen molar-refractivity contribution in [2.24, 2.45) is 0 Å². The van der Waals surface area contributed by atoms with Gasteiger partial charge in [-0.05, 0) is 42.7 Å². The van der Waals surface area contributed by atoms with E-state index in [1.54, 1.807) is 35.0 Å². The Kier molecular flexibility index (Phi) is 5.70. The molecule has 1 aliphatic heterocycles. The molecule has 1 atom stereocenters. The van der Waals surface area contributed by atoms with Crippen molar-refractivity contribution in [3.05, 3.63) is 86.7 Å². The highest BCUT2D eigenvalue weighted by Crippen LogP contribution is 2.17. The molecule has 0 unspecified atom stereocenters. The van der Waals surface area contributed by atoms with Crippen LogP contribution in [0.25, 0.3) is 16.7 Å². The fourth-order valence-electron chi connectivity index (χ4n) is 4.14. The van der Waals surface area contributed by atoms with E-state index in [1.165, 1.54) is 10.5 Å². The van der Waals surface area contributed by atoms with Crippen LogP contribution in [0.2, 0.25) is 5.02 Å². The third-order valence-electron chi connectivity index (χ3n) is 5.87. The summed E-state index contributed by atoms with van der Waals surface area (Å²) in [5, 5.41) is 12.4. The number of ether oxygens (including phenoxy) is 1. The van der Waals surface area contributed by atoms with Crippen LogP contribution in [-0.4, -0.2) is 32.6 Å². The van der Waals surface area contributed by atoms with E-state index in [-0.39, 0.29) is 34.6 Å². The van der Waals surface area contributed by atoms with Gasteiger partial charge in [-0.2, -0.15) is 0 Å². The van der Waals surface area contributed by atoms with Crippen molar-refractivity contribution in [1.82, 2.24) is 19.3 Å². The second kappa shape index (κ2) is 8.80. The van der Waals surface area contributed by atoms with E-state index in [0.29, 0.717) is 29.5 Å². The Morgan fingerprint density at radius 2 is 2.06 bits per heavy atom. The van der Waals surface area contributed by atoms with Gasteiger partial charge in [0.05, 0.1) is 23.6 Å². The molecule has 4 heterocycles. The average Bonchev–Trinajstić information content (AvgIpc) is 3.34. The number of carbonyl (C=O) groups is 1. The van der Waals surface area contributed by atoms with E-state index in [9.17, 15) is 9.59 Å². The number of fused-ring (bicyclic) bond motifs is 2. The van der Waals surface area contributed by atoms with Gasteiger partial charge in [0.25, 0.3) is 11.5 Å². The number of carbonyl (C=O) groups excluding carboxylic acids is 1. The van der Waals surface area contributed by atoms with Crippen molar-refractivity contribution >= 4 is 34.2 Å². The van der Waals surface area contributed by atoms with Gasteiger partial charge in [0, 0.05) is 24.4 Å². The minimum Gasteiger partial charge on any atom is -0.376 e. The summed E-state index contributed by atoms with van der Waals surface area (Å²) < 4.78 is 8.82. The number of pyridine rings is 2. The van der Waals surface area contributed by atoms with E-state index >= 15 is 0 Å². The zero-order valence-electron chi connectivity index (χ0n) is 17.8. The number of benzene rings is 1. The highest BCUT2D eigenvalue weighted by Gasteiger charge is 2.22. The van der Waals surface area contributed by atoms with Gasteiger partial charge in [-0.3, -0.25) is 19.4 Å². The lowest BCUT2D eigenvalue weighted by Crippen LogP contribution is -2.36. The van der Waals surface area contributed by atoms with Crippen LogP contribution in [0.4, 0.5) is 0 Å². The predicted molar refractivity (Wildman–Crippen MR) is 124 cm³/mol. The molecule has 0 bridgehead atoms. The summed E-state index contributed by atoms with van der Waals surface area (Å²) in [6, 6.07) is 14.0. The smallest absolute Gasteiger partial charge is 0.267 e. The number of rotatable bonds is 5. The minimum atomic E-state index is -0.458. The van der Waals surface area contributed by atoms with Crippen molar-refractivity contribution in [3.8, 4) is 0 Å². The van der Waals surface area contributed by atoms with Gasteiger partial charge in [0.2, 0.25) is 0 Å². The van der Waals surface area contributed by atoms with Crippen molar-refractivity contribution in [1.29, 1.82) is 5.41 Å². The predicted octanol–water partition coefficient (Wildman–Crippen LogP) is 2.89. The maximum Gasteiger partial charge on any atom is 0.267 e. The Labute approximate surface area is 193 Å². The molecule has 1 fully saturated rings. The molecule has 0 spiro atoms. The highest BCUT2D eigenvalue weighted by molar-refractivity contribution is 6.31. The Bertz CT molecular complexity index is 1490. The number of aromatic nitrogens is 3. The first-order valence-electron chi connectivity index (χ1n) is 10.8. The molecule has 1 aromatic carbocycles. The summed E-state index contributed by atoms with van der Waals surface area (Å²) in [6.45, 7) is 1.21. The largest absolute Gasteiger partial charge is 0.376 e. The van der Waals surface area contributed by atoms with E-state index < -0.39 is 5.91 Å². The van der Waals surface area contributed by atoms with Crippen molar-refractivity contribution in [3.63, 3.8) is 0 Å². The fraction of sp³-hybridized carbons (Fsp3) is 0.250. The molecule has 1 saturated heterocycles. The molecular formula is C24H22ClN5O3. The fourth-order valence-corrected chi connectivity index (χ4v) is 4.34. The number of nitrogens with zero attached hydrogens (tertiary/aromatic N) is 3. The maximum atomic E-state index is 13.3. The van der Waals surface area contributed by atoms with Gasteiger partial charge in [-0.25, -0.2) is 4.98 Å². The lowest BCUT2D eigenvalue weighted by molar-refractivity contribution is 0.0931. The normalized spacial score (nSPS) is 15.8. The molecular weight excluding hydrogens is 442 g/mol. The Hall–Kier alpha value is -3.49. The second-order valence-electron chi connectivity index (χ2n) is 8.01. The molecule has 0 aliphatic carbocycles. The number of amides is 1. The molecule has 0 saturated carbocycles. The summed E-state index contributed by atoms with van der Waals surface area (Å²) in [5.74, 6) is -0.458. The lowest BCUT2D eigenvalue weighted by atomic mass is 10.1. The molecule has 168 valence electrons. The topological polar surface area (TPSA) is 101 Å². The Morgan fingerprint density at radius 1 is 1.24 bits per heavy atom. The number of hydrogen-bond donors (Lipinski definition) is 2.